The van der Waals surface area contributed by atoms with E-state index in [0.29, 0.717) is 36.7 Å². The number of hydrogen-bond acceptors (Lipinski definition) is 8. The van der Waals surface area contributed by atoms with Crippen molar-refractivity contribution in [2.75, 3.05) is 47.5 Å². The molecule has 0 rings (SSSR count). The number of ether oxygens (including phenoxy) is 2. The Bertz CT molecular complexity index is 1220. The van der Waals surface area contributed by atoms with Gasteiger partial charge in [-0.2, -0.15) is 0 Å². The third kappa shape index (κ3) is 41.4. The number of esters is 2. The van der Waals surface area contributed by atoms with Crippen LogP contribution in [0.25, 0.3) is 0 Å². The third-order valence-electron chi connectivity index (χ3n) is 8.76. The molecule has 0 heterocycles. The summed E-state index contributed by atoms with van der Waals surface area (Å²) in [5.41, 5.74) is 0. The van der Waals surface area contributed by atoms with E-state index in [2.05, 4.69) is 74.6 Å². The van der Waals surface area contributed by atoms with Gasteiger partial charge in [0.25, 0.3) is 0 Å². The minimum Gasteiger partial charge on any atom is -0.462 e. The van der Waals surface area contributed by atoms with Crippen LogP contribution in [0.2, 0.25) is 0 Å². The molecule has 3 atom stereocenters. The van der Waals surface area contributed by atoms with E-state index < -0.39 is 32.5 Å². The summed E-state index contributed by atoms with van der Waals surface area (Å²) in [4.78, 5) is 35.3. The fourth-order valence-electron chi connectivity index (χ4n) is 5.34. The second kappa shape index (κ2) is 37.7. The zero-order valence-electron chi connectivity index (χ0n) is 36.4. The summed E-state index contributed by atoms with van der Waals surface area (Å²) < 4.78 is 34.2. The number of rotatable bonds is 38. The summed E-state index contributed by atoms with van der Waals surface area (Å²) >= 11 is 0. The minimum atomic E-state index is -4.40. The number of phosphoric acid groups is 1. The van der Waals surface area contributed by atoms with Crippen molar-refractivity contribution in [3.8, 4) is 0 Å². The molecular formula is C46H81NO9P+. The first-order valence-electron chi connectivity index (χ1n) is 21.7. The molecule has 0 aliphatic heterocycles. The van der Waals surface area contributed by atoms with Gasteiger partial charge in [0.2, 0.25) is 0 Å². The summed E-state index contributed by atoms with van der Waals surface area (Å²) in [5.74, 6) is -0.908. The van der Waals surface area contributed by atoms with E-state index in [1.807, 2.05) is 33.3 Å². The first-order chi connectivity index (χ1) is 27.4. The molecule has 11 heteroatoms. The Morgan fingerprint density at radius 3 is 1.70 bits per heavy atom. The lowest BCUT2D eigenvalue weighted by molar-refractivity contribution is -0.870. The van der Waals surface area contributed by atoms with Crippen LogP contribution in [-0.2, 0) is 32.7 Å². The van der Waals surface area contributed by atoms with Crippen LogP contribution < -0.4 is 0 Å². The summed E-state index contributed by atoms with van der Waals surface area (Å²) in [7, 11) is 1.40. The predicted octanol–water partition coefficient (Wildman–Crippen LogP) is 11.2. The van der Waals surface area contributed by atoms with Crippen molar-refractivity contribution >= 4 is 19.8 Å². The number of nitrogens with zero attached hydrogens (tertiary/aromatic N) is 1. The predicted molar refractivity (Wildman–Crippen MR) is 235 cm³/mol. The van der Waals surface area contributed by atoms with Crippen LogP contribution in [-0.4, -0.2) is 86.1 Å². The van der Waals surface area contributed by atoms with Gasteiger partial charge < -0.3 is 24.0 Å². The molecule has 0 fully saturated rings. The molecule has 0 saturated heterocycles. The topological polar surface area (TPSA) is 129 Å². The molecule has 0 spiro atoms. The van der Waals surface area contributed by atoms with E-state index in [9.17, 15) is 24.2 Å². The zero-order chi connectivity index (χ0) is 42.3. The third-order valence-corrected chi connectivity index (χ3v) is 9.75. The number of hydrogen-bond donors (Lipinski definition) is 2. The van der Waals surface area contributed by atoms with Crippen LogP contribution in [0.15, 0.2) is 72.9 Å². The molecule has 0 radical (unpaired) electrons. The molecule has 0 aliphatic carbocycles. The molecule has 328 valence electrons. The lowest BCUT2D eigenvalue weighted by Gasteiger charge is -2.24. The maximum absolute atomic E-state index is 12.7. The van der Waals surface area contributed by atoms with Crippen molar-refractivity contribution in [3.05, 3.63) is 72.9 Å². The van der Waals surface area contributed by atoms with Gasteiger partial charge in [-0.3, -0.25) is 18.6 Å². The van der Waals surface area contributed by atoms with Gasteiger partial charge in [0.15, 0.2) is 6.10 Å². The van der Waals surface area contributed by atoms with Gasteiger partial charge in [-0.05, 0) is 83.5 Å². The maximum Gasteiger partial charge on any atom is 0.472 e. The molecule has 2 unspecified atom stereocenters. The molecule has 0 aromatic heterocycles. The van der Waals surface area contributed by atoms with Crippen molar-refractivity contribution in [2.24, 2.45) is 0 Å². The fraction of sp³-hybridized carbons (Fsp3) is 0.696. The Labute approximate surface area is 347 Å². The highest BCUT2D eigenvalue weighted by molar-refractivity contribution is 7.47. The Morgan fingerprint density at radius 2 is 1.12 bits per heavy atom. The van der Waals surface area contributed by atoms with Crippen molar-refractivity contribution in [1.29, 1.82) is 0 Å². The Morgan fingerprint density at radius 1 is 0.614 bits per heavy atom. The largest absolute Gasteiger partial charge is 0.472 e. The summed E-state index contributed by atoms with van der Waals surface area (Å²) in [6.07, 6.45) is 43.0. The summed E-state index contributed by atoms with van der Waals surface area (Å²) in [6, 6.07) is 0. The van der Waals surface area contributed by atoms with Crippen LogP contribution in [0.5, 0.6) is 0 Å². The second-order valence-electron chi connectivity index (χ2n) is 15.6. The lowest BCUT2D eigenvalue weighted by atomic mass is 10.1. The number of quaternary nitrogens is 1. The van der Waals surface area contributed by atoms with E-state index in [1.165, 1.54) is 25.7 Å². The standard InChI is InChI=1S/C46H80NO9P/c1-6-8-9-10-11-12-13-14-15-18-21-24-27-30-33-37-45(49)53-41-44(42-55-57(51,52)54-40-39-47(3,4)5)56-46(50)38-34-31-28-25-22-19-16-17-20-23-26-29-32-36-43(48)35-7-2/h11-12,14-16,19-20,23,25,28-29,32,43-44,48H,6-10,13,17-18,21-22,24,26-27,30-31,33-42H2,1-5H3/p+1/b12-11-,15-14-,19-16-,23-20-,28-25-,32-29-/t43?,44-/m1/s1. The number of carbonyl (C=O) groups is 2. The van der Waals surface area contributed by atoms with Crippen LogP contribution in [0.4, 0.5) is 0 Å². The summed E-state index contributed by atoms with van der Waals surface area (Å²) in [6.45, 7) is 4.08. The fourth-order valence-corrected chi connectivity index (χ4v) is 6.09. The Balaban J connectivity index is 4.53. The van der Waals surface area contributed by atoms with Gasteiger partial charge in [-0.15, -0.1) is 0 Å². The number of unbranched alkanes of at least 4 members (excludes halogenated alkanes) is 9. The molecule has 2 N–H and O–H groups in total. The Hall–Kier alpha value is -2.59. The average molecular weight is 823 g/mol. The van der Waals surface area contributed by atoms with Crippen molar-refractivity contribution in [2.45, 2.75) is 161 Å². The van der Waals surface area contributed by atoms with Crippen molar-refractivity contribution in [3.63, 3.8) is 0 Å². The summed E-state index contributed by atoms with van der Waals surface area (Å²) in [5, 5.41) is 9.74. The van der Waals surface area contributed by atoms with Crippen LogP contribution >= 0.6 is 7.82 Å². The first-order valence-corrected chi connectivity index (χ1v) is 23.2. The highest BCUT2D eigenvalue weighted by Crippen LogP contribution is 2.43. The molecule has 57 heavy (non-hydrogen) atoms. The molecule has 10 nitrogen and oxygen atoms in total. The average Bonchev–Trinajstić information content (AvgIpc) is 3.15. The maximum atomic E-state index is 12.7. The van der Waals surface area contributed by atoms with Crippen molar-refractivity contribution < 1.29 is 47.2 Å². The minimum absolute atomic E-state index is 0.00872. The van der Waals surface area contributed by atoms with E-state index in [0.717, 1.165) is 70.6 Å². The molecule has 0 amide bonds. The number of likely N-dealkylation sites (N-methyl/N-ethyl adjacent to an activating group) is 1. The number of aliphatic hydroxyl groups is 1. The molecule has 0 bridgehead atoms. The SMILES string of the molecule is CCCCC/C=C\C/C=C\CCCCCCCC(=O)OC[C@H](COP(=O)(O)OCC[N+](C)(C)C)OC(=O)CCC/C=C\C/C=C\C/C=C\C/C=C\CC(O)CCC. The van der Waals surface area contributed by atoms with Crippen molar-refractivity contribution in [1.82, 2.24) is 0 Å². The number of carbonyl (C=O) groups excluding carboxylic acids is 2. The normalized spacial score (nSPS) is 14.9. The molecule has 0 aliphatic rings. The first kappa shape index (κ1) is 54.4. The highest BCUT2D eigenvalue weighted by Gasteiger charge is 2.27. The van der Waals surface area contributed by atoms with Gasteiger partial charge in [0.05, 0.1) is 33.9 Å². The van der Waals surface area contributed by atoms with Gasteiger partial charge >= 0.3 is 19.8 Å². The number of allylic oxidation sites excluding steroid dienone is 11. The molecular weight excluding hydrogens is 741 g/mol. The molecule has 0 aromatic carbocycles. The molecule has 0 aromatic rings. The number of aliphatic hydroxyl groups excluding tert-OH is 1. The van der Waals surface area contributed by atoms with Crippen LogP contribution in [0.3, 0.4) is 0 Å². The van der Waals surface area contributed by atoms with E-state index >= 15 is 0 Å². The van der Waals surface area contributed by atoms with Crippen LogP contribution in [0, 0.1) is 0 Å². The molecule has 0 saturated carbocycles. The smallest absolute Gasteiger partial charge is 0.462 e. The zero-order valence-corrected chi connectivity index (χ0v) is 37.3. The highest BCUT2D eigenvalue weighted by atomic mass is 31.2. The second-order valence-corrected chi connectivity index (χ2v) is 17.0. The quantitative estimate of drug-likeness (QED) is 0.0206. The lowest BCUT2D eigenvalue weighted by Crippen LogP contribution is -2.37. The van der Waals surface area contributed by atoms with E-state index in [4.69, 9.17) is 18.5 Å². The van der Waals surface area contributed by atoms with Gasteiger partial charge in [-0.25, -0.2) is 4.57 Å². The van der Waals surface area contributed by atoms with Gasteiger partial charge in [0, 0.05) is 12.8 Å². The number of phosphoric ester groups is 1. The van der Waals surface area contributed by atoms with E-state index in [-0.39, 0.29) is 32.2 Å². The van der Waals surface area contributed by atoms with Gasteiger partial charge in [-0.1, -0.05) is 125 Å². The van der Waals surface area contributed by atoms with Crippen LogP contribution in [0.1, 0.15) is 149 Å². The van der Waals surface area contributed by atoms with Gasteiger partial charge in [0.1, 0.15) is 19.8 Å². The van der Waals surface area contributed by atoms with E-state index in [1.54, 1.807) is 0 Å². The monoisotopic (exact) mass is 823 g/mol. The Kier molecular flexibility index (Phi) is 36.0.